The highest BCUT2D eigenvalue weighted by Gasteiger charge is 2.69. The minimum Gasteiger partial charge on any atom is -0.505 e. The number of carbonyl (C=O) groups is 6. The smallest absolute Gasteiger partial charge is 0.238 e. The van der Waals surface area contributed by atoms with Crippen molar-refractivity contribution >= 4 is 46.3 Å². The molecule has 0 unspecified atom stereocenters. The molecule has 3 aliphatic rings. The van der Waals surface area contributed by atoms with E-state index in [0.717, 1.165) is 0 Å². The Kier molecular flexibility index (Phi) is 7.85. The van der Waals surface area contributed by atoms with E-state index in [-0.39, 0.29) is 36.2 Å². The number of Topliss-reactive ketones (excluding diaryl/α,β-unsaturated/α-hetero) is 4. The van der Waals surface area contributed by atoms with Crippen LogP contribution in [0.15, 0.2) is 6.07 Å². The molecule has 0 aromatic heterocycles. The second-order valence-electron chi connectivity index (χ2n) is 13.0. The van der Waals surface area contributed by atoms with E-state index in [2.05, 4.69) is 10.6 Å². The van der Waals surface area contributed by atoms with E-state index in [1.165, 1.54) is 19.0 Å². The number of amides is 2. The Morgan fingerprint density at radius 1 is 1.10 bits per heavy atom. The van der Waals surface area contributed by atoms with Crippen LogP contribution in [-0.4, -0.2) is 102 Å². The fourth-order valence-corrected chi connectivity index (χ4v) is 6.69. The average Bonchev–Trinajstić information content (AvgIpc) is 2.85. The van der Waals surface area contributed by atoms with Crippen LogP contribution >= 0.6 is 0 Å². The lowest BCUT2D eigenvalue weighted by Crippen LogP contribution is -2.74. The molecule has 0 heterocycles. The zero-order chi connectivity index (χ0) is 31.6. The Morgan fingerprint density at radius 2 is 1.71 bits per heavy atom. The summed E-state index contributed by atoms with van der Waals surface area (Å²) < 4.78 is 0. The molecule has 4 rings (SSSR count). The second-order valence-corrected chi connectivity index (χ2v) is 13.0. The van der Waals surface area contributed by atoms with Gasteiger partial charge in [0.1, 0.15) is 5.75 Å². The third-order valence-corrected chi connectivity index (χ3v) is 8.57. The molecule has 228 valence electrons. The summed E-state index contributed by atoms with van der Waals surface area (Å²) in [5, 5.41) is 28.6. The van der Waals surface area contributed by atoms with E-state index in [1.54, 1.807) is 25.1 Å². The lowest BCUT2D eigenvalue weighted by Gasteiger charge is -2.52. The number of nitrogens with two attached hydrogens (primary N) is 1. The average molecular weight is 586 g/mol. The number of primary amides is 1. The SMILES string of the molecule is CN(C)c1cc(NC(=O)CNC(C)(C)C)c(O)c2c1C[C@H]1C[C@H]3[C@H](N(C)C)C(=O)[C@@H](C(N)=O)C(=O)[C@@]3(O)C(=O)[C@H]1C2=O. The van der Waals surface area contributed by atoms with Crippen molar-refractivity contribution in [3.63, 3.8) is 0 Å². The number of nitrogens with one attached hydrogen (secondary N) is 2. The predicted octanol–water partition coefficient (Wildman–Crippen LogP) is -0.740. The number of likely N-dealkylation sites (N-methyl/N-ethyl adjacent to an activating group) is 1. The van der Waals surface area contributed by atoms with Crippen LogP contribution in [0.1, 0.15) is 43.1 Å². The Balaban J connectivity index is 1.81. The van der Waals surface area contributed by atoms with Crippen LogP contribution in [-0.2, 0) is 30.4 Å². The summed E-state index contributed by atoms with van der Waals surface area (Å²) in [6.45, 7) is 5.58. The van der Waals surface area contributed by atoms with Crippen molar-refractivity contribution in [2.45, 2.75) is 50.8 Å². The maximum Gasteiger partial charge on any atom is 0.238 e. The van der Waals surface area contributed by atoms with Gasteiger partial charge in [0.15, 0.2) is 34.7 Å². The molecular formula is C29H39N5O8. The second kappa shape index (κ2) is 10.5. The number of carbonyl (C=O) groups excluding carboxylic acids is 6. The van der Waals surface area contributed by atoms with Crippen molar-refractivity contribution in [2.24, 2.45) is 29.4 Å². The molecule has 2 saturated carbocycles. The first kappa shape index (κ1) is 31.3. The van der Waals surface area contributed by atoms with Crippen molar-refractivity contribution in [3.05, 3.63) is 17.2 Å². The number of phenolic OH excluding ortho intramolecular Hbond substituents is 1. The molecule has 0 saturated heterocycles. The van der Waals surface area contributed by atoms with E-state index in [4.69, 9.17) is 5.73 Å². The molecule has 2 fully saturated rings. The number of nitrogens with zero attached hydrogens (tertiary/aromatic N) is 2. The summed E-state index contributed by atoms with van der Waals surface area (Å²) in [5.74, 6) is -11.8. The summed E-state index contributed by atoms with van der Waals surface area (Å²) in [6.07, 6.45) is 0.0706. The molecule has 1 aromatic rings. The first-order valence-corrected chi connectivity index (χ1v) is 13.8. The highest BCUT2D eigenvalue weighted by atomic mass is 16.3. The van der Waals surface area contributed by atoms with Crippen LogP contribution in [0.3, 0.4) is 0 Å². The Labute approximate surface area is 243 Å². The number of rotatable bonds is 6. The molecule has 1 aromatic carbocycles. The number of aliphatic hydroxyl groups is 1. The van der Waals surface area contributed by atoms with Crippen molar-refractivity contribution in [1.29, 1.82) is 0 Å². The van der Waals surface area contributed by atoms with Crippen LogP contribution in [0, 0.1) is 23.7 Å². The van der Waals surface area contributed by atoms with Gasteiger partial charge in [-0.3, -0.25) is 33.7 Å². The van der Waals surface area contributed by atoms with Gasteiger partial charge in [-0.2, -0.15) is 0 Å². The summed E-state index contributed by atoms with van der Waals surface area (Å²) in [6, 6.07) is 0.374. The molecule has 2 amide bonds. The Bertz CT molecular complexity index is 1400. The van der Waals surface area contributed by atoms with Gasteiger partial charge in [-0.15, -0.1) is 0 Å². The molecule has 0 radical (unpaired) electrons. The van der Waals surface area contributed by atoms with Gasteiger partial charge >= 0.3 is 0 Å². The number of phenols is 1. The summed E-state index contributed by atoms with van der Waals surface area (Å²) >= 11 is 0. The molecule has 13 nitrogen and oxygen atoms in total. The van der Waals surface area contributed by atoms with E-state index in [0.29, 0.717) is 11.3 Å². The standard InChI is InChI=1S/C29H39N5O8/c1-28(2,3)31-11-17(35)32-15-10-16(33(4)5)13-8-12-9-14-21(34(6)7)24(38)20(27(30)41)26(40)29(14,42)25(39)18(12)23(37)19(13)22(15)36/h10,12,14,18,20-21,31,36,42H,8-9,11H2,1-7H3,(H2,30,41)(H,32,35)/t12-,14-,18+,20+,21-,29-/m0/s1. The van der Waals surface area contributed by atoms with Crippen LogP contribution in [0.25, 0.3) is 0 Å². The Hall–Kier alpha value is -3.68. The van der Waals surface area contributed by atoms with Gasteiger partial charge in [0.05, 0.1) is 29.8 Å². The number of hydrogen-bond acceptors (Lipinski definition) is 11. The highest BCUT2D eigenvalue weighted by Crippen LogP contribution is 2.52. The number of anilines is 2. The maximum absolute atomic E-state index is 14.1. The fourth-order valence-electron chi connectivity index (χ4n) is 6.69. The Morgan fingerprint density at radius 3 is 2.24 bits per heavy atom. The molecule has 0 aliphatic heterocycles. The number of ketones is 4. The third-order valence-electron chi connectivity index (χ3n) is 8.57. The summed E-state index contributed by atoms with van der Waals surface area (Å²) in [5.41, 5.74) is 2.95. The minimum atomic E-state index is -2.80. The van der Waals surface area contributed by atoms with Crippen molar-refractivity contribution < 1.29 is 39.0 Å². The third kappa shape index (κ3) is 4.88. The molecule has 42 heavy (non-hydrogen) atoms. The first-order chi connectivity index (χ1) is 19.3. The van der Waals surface area contributed by atoms with Crippen molar-refractivity contribution in [2.75, 3.05) is 45.0 Å². The number of hydrogen-bond donors (Lipinski definition) is 5. The minimum absolute atomic E-state index is 0.0365. The van der Waals surface area contributed by atoms with Gasteiger partial charge in [-0.25, -0.2) is 0 Å². The number of fused-ring (bicyclic) bond motifs is 3. The van der Waals surface area contributed by atoms with Crippen LogP contribution in [0.2, 0.25) is 0 Å². The monoisotopic (exact) mass is 585 g/mol. The normalized spacial score (nSPS) is 29.1. The molecule has 6 N–H and O–H groups in total. The first-order valence-electron chi connectivity index (χ1n) is 13.8. The zero-order valence-corrected chi connectivity index (χ0v) is 24.9. The lowest BCUT2D eigenvalue weighted by molar-refractivity contribution is -0.181. The van der Waals surface area contributed by atoms with Crippen LogP contribution in [0.5, 0.6) is 5.75 Å². The van der Waals surface area contributed by atoms with Crippen LogP contribution < -0.4 is 21.3 Å². The molecule has 0 bridgehead atoms. The summed E-state index contributed by atoms with van der Waals surface area (Å²) in [4.78, 5) is 82.7. The van der Waals surface area contributed by atoms with Crippen LogP contribution in [0.4, 0.5) is 11.4 Å². The fraction of sp³-hybridized carbons (Fsp3) is 0.586. The van der Waals surface area contributed by atoms with E-state index in [1.807, 2.05) is 20.8 Å². The zero-order valence-electron chi connectivity index (χ0n) is 24.9. The quantitative estimate of drug-likeness (QED) is 0.208. The maximum atomic E-state index is 14.1. The predicted molar refractivity (Wildman–Crippen MR) is 152 cm³/mol. The molecule has 6 atom stereocenters. The molecule has 13 heteroatoms. The van der Waals surface area contributed by atoms with Gasteiger partial charge < -0.3 is 31.5 Å². The highest BCUT2D eigenvalue weighted by molar-refractivity contribution is 6.32. The number of aromatic hydroxyl groups is 1. The number of benzene rings is 1. The van der Waals surface area contributed by atoms with Gasteiger partial charge in [0.2, 0.25) is 11.8 Å². The molecule has 3 aliphatic carbocycles. The lowest BCUT2D eigenvalue weighted by atomic mass is 9.52. The van der Waals surface area contributed by atoms with E-state index < -0.39 is 76.0 Å². The topological polar surface area (TPSA) is 199 Å². The van der Waals surface area contributed by atoms with Gasteiger partial charge in [0.25, 0.3) is 0 Å². The van der Waals surface area contributed by atoms with Gasteiger partial charge in [-0.1, -0.05) is 0 Å². The van der Waals surface area contributed by atoms with Gasteiger partial charge in [-0.05, 0) is 65.3 Å². The molecule has 0 spiro atoms. The summed E-state index contributed by atoms with van der Waals surface area (Å²) in [7, 11) is 6.52. The van der Waals surface area contributed by atoms with Gasteiger partial charge in [0, 0.05) is 31.2 Å². The largest absolute Gasteiger partial charge is 0.505 e. The van der Waals surface area contributed by atoms with Crippen molar-refractivity contribution in [1.82, 2.24) is 10.2 Å². The van der Waals surface area contributed by atoms with Crippen molar-refractivity contribution in [3.8, 4) is 5.75 Å². The van der Waals surface area contributed by atoms with E-state index in [9.17, 15) is 39.0 Å². The molecular weight excluding hydrogens is 546 g/mol. The van der Waals surface area contributed by atoms with E-state index >= 15 is 0 Å².